The van der Waals surface area contributed by atoms with E-state index in [1.807, 2.05) is 0 Å². The first-order valence-electron chi connectivity index (χ1n) is 42.9. The van der Waals surface area contributed by atoms with Crippen LogP contribution >= 0.6 is 15.6 Å². The van der Waals surface area contributed by atoms with Crippen molar-refractivity contribution in [1.82, 2.24) is 0 Å². The third-order valence-electron chi connectivity index (χ3n) is 19.7. The monoisotopic (exact) mass is 1490 g/mol. The van der Waals surface area contributed by atoms with Crippen molar-refractivity contribution in [2.45, 2.75) is 452 Å². The van der Waals surface area contributed by atoms with E-state index in [2.05, 4.69) is 48.5 Å². The summed E-state index contributed by atoms with van der Waals surface area (Å²) in [5.74, 6) is 0.154. The lowest BCUT2D eigenvalue weighted by Gasteiger charge is -2.21. The van der Waals surface area contributed by atoms with Crippen LogP contribution in [0.2, 0.25) is 0 Å². The molecular formula is C83H162O17P2. The van der Waals surface area contributed by atoms with E-state index >= 15 is 0 Å². The number of aliphatic hydroxyl groups is 1. The molecule has 0 bridgehead atoms. The molecule has 0 rings (SSSR count). The molecule has 6 atom stereocenters. The van der Waals surface area contributed by atoms with Crippen LogP contribution in [-0.2, 0) is 65.4 Å². The van der Waals surface area contributed by atoms with Crippen LogP contribution in [0.5, 0.6) is 0 Å². The zero-order valence-corrected chi connectivity index (χ0v) is 68.9. The predicted octanol–water partition coefficient (Wildman–Crippen LogP) is 24.9. The quantitative estimate of drug-likeness (QED) is 0.0222. The molecule has 606 valence electrons. The highest BCUT2D eigenvalue weighted by molar-refractivity contribution is 7.47. The van der Waals surface area contributed by atoms with Gasteiger partial charge in [0.15, 0.2) is 12.2 Å². The van der Waals surface area contributed by atoms with Gasteiger partial charge in [-0.1, -0.05) is 382 Å². The lowest BCUT2D eigenvalue weighted by molar-refractivity contribution is -0.161. The van der Waals surface area contributed by atoms with Gasteiger partial charge in [0.05, 0.1) is 26.4 Å². The Labute approximate surface area is 626 Å². The molecule has 102 heavy (non-hydrogen) atoms. The highest BCUT2D eigenvalue weighted by atomic mass is 31.2. The summed E-state index contributed by atoms with van der Waals surface area (Å²) in [6, 6.07) is 0. The Bertz CT molecular complexity index is 1980. The molecule has 3 N–H and O–H groups in total. The number of carbonyl (C=O) groups is 4. The summed E-state index contributed by atoms with van der Waals surface area (Å²) in [5.41, 5.74) is 0. The first kappa shape index (κ1) is 100. The van der Waals surface area contributed by atoms with Crippen LogP contribution in [0.25, 0.3) is 0 Å². The Balaban J connectivity index is 5.18. The summed E-state index contributed by atoms with van der Waals surface area (Å²) in [6.45, 7) is 11.9. The molecule has 0 saturated carbocycles. The molecule has 19 heteroatoms. The maximum absolute atomic E-state index is 13.1. The molecule has 0 aromatic rings. The minimum atomic E-state index is -4.96. The molecule has 0 aliphatic heterocycles. The minimum Gasteiger partial charge on any atom is -0.462 e. The van der Waals surface area contributed by atoms with Crippen molar-refractivity contribution >= 4 is 39.5 Å². The average molecular weight is 1490 g/mol. The van der Waals surface area contributed by atoms with Gasteiger partial charge in [0.1, 0.15) is 19.3 Å². The van der Waals surface area contributed by atoms with Crippen LogP contribution in [0.1, 0.15) is 434 Å². The van der Waals surface area contributed by atoms with Gasteiger partial charge in [-0.05, 0) is 43.4 Å². The normalized spacial score (nSPS) is 14.2. The Morgan fingerprint density at radius 1 is 0.284 bits per heavy atom. The average Bonchev–Trinajstić information content (AvgIpc) is 0.909. The molecule has 0 fully saturated rings. The van der Waals surface area contributed by atoms with Gasteiger partial charge < -0.3 is 33.8 Å². The predicted molar refractivity (Wildman–Crippen MR) is 418 cm³/mol. The number of rotatable bonds is 81. The van der Waals surface area contributed by atoms with Crippen LogP contribution in [-0.4, -0.2) is 96.7 Å². The van der Waals surface area contributed by atoms with E-state index in [1.54, 1.807) is 0 Å². The standard InChI is InChI=1S/C83H162O17P2/c1-8-10-11-12-13-14-15-16-17-18-19-20-24-27-30-33-36-42-50-57-64-80(85)93-70-78(99-82(87)66-59-52-43-37-34-31-28-25-22-21-23-26-29-32-35-41-49-56-63-76(7)9-2)72-97-101(89,90)95-68-77(84)69-96-102(91,92)98-73-79(71-94-81(86)65-58-51-46-45-48-55-62-75(5)6)100-83(88)67-60-53-44-39-38-40-47-54-61-74(3)4/h74-79,84H,8-73H2,1-7H3,(H,89,90)(H,91,92)/t76?,77-,78-,79-/m1/s1. The fourth-order valence-corrected chi connectivity index (χ4v) is 14.4. The number of unbranched alkanes of at least 4 members (excludes halogenated alkanes) is 48. The van der Waals surface area contributed by atoms with Crippen molar-refractivity contribution in [2.75, 3.05) is 39.6 Å². The van der Waals surface area contributed by atoms with Gasteiger partial charge in [-0.2, -0.15) is 0 Å². The van der Waals surface area contributed by atoms with Crippen molar-refractivity contribution in [3.8, 4) is 0 Å². The summed E-state index contributed by atoms with van der Waals surface area (Å²) >= 11 is 0. The van der Waals surface area contributed by atoms with Crippen molar-refractivity contribution in [1.29, 1.82) is 0 Å². The molecule has 0 amide bonds. The summed E-state index contributed by atoms with van der Waals surface area (Å²) in [5, 5.41) is 10.6. The summed E-state index contributed by atoms with van der Waals surface area (Å²) in [4.78, 5) is 73.0. The summed E-state index contributed by atoms with van der Waals surface area (Å²) in [6.07, 6.45) is 62.9. The molecule has 0 spiro atoms. The van der Waals surface area contributed by atoms with Crippen LogP contribution < -0.4 is 0 Å². The van der Waals surface area contributed by atoms with E-state index in [4.69, 9.17) is 37.0 Å². The first-order chi connectivity index (χ1) is 49.3. The molecular weight excluding hydrogens is 1330 g/mol. The second kappa shape index (κ2) is 73.2. The maximum Gasteiger partial charge on any atom is 0.472 e. The van der Waals surface area contributed by atoms with E-state index < -0.39 is 97.5 Å². The molecule has 0 radical (unpaired) electrons. The van der Waals surface area contributed by atoms with Crippen LogP contribution in [0.4, 0.5) is 0 Å². The molecule has 0 saturated heterocycles. The number of hydrogen-bond acceptors (Lipinski definition) is 15. The number of carbonyl (C=O) groups excluding carboxylic acids is 4. The van der Waals surface area contributed by atoms with Crippen LogP contribution in [0.3, 0.4) is 0 Å². The third kappa shape index (κ3) is 74.9. The molecule has 0 aliphatic rings. The number of aliphatic hydroxyl groups excluding tert-OH is 1. The fourth-order valence-electron chi connectivity index (χ4n) is 12.8. The first-order valence-corrected chi connectivity index (χ1v) is 45.9. The number of phosphoric ester groups is 2. The van der Waals surface area contributed by atoms with Crippen molar-refractivity contribution < 1.29 is 80.2 Å². The lowest BCUT2D eigenvalue weighted by atomic mass is 9.99. The maximum atomic E-state index is 13.1. The molecule has 17 nitrogen and oxygen atoms in total. The van der Waals surface area contributed by atoms with E-state index in [-0.39, 0.29) is 25.7 Å². The fraction of sp³-hybridized carbons (Fsp3) is 0.952. The van der Waals surface area contributed by atoms with Gasteiger partial charge >= 0.3 is 39.5 Å². The SMILES string of the molecule is CCCCCCCCCCCCCCCCCCCCCCC(=O)OC[C@H](COP(=O)(O)OC[C@@H](O)COP(=O)(O)OC[C@@H](COC(=O)CCCCCCCCC(C)C)OC(=O)CCCCCCCCCCC(C)C)OC(=O)CCCCCCCCCCCCCCCCCCCCC(C)CC. The second-order valence-electron chi connectivity index (χ2n) is 31.1. The zero-order chi connectivity index (χ0) is 75.1. The number of hydrogen-bond donors (Lipinski definition) is 3. The van der Waals surface area contributed by atoms with Crippen LogP contribution in [0, 0.1) is 17.8 Å². The Morgan fingerprint density at radius 2 is 0.500 bits per heavy atom. The Morgan fingerprint density at radius 3 is 0.745 bits per heavy atom. The smallest absolute Gasteiger partial charge is 0.462 e. The molecule has 0 aromatic carbocycles. The van der Waals surface area contributed by atoms with Gasteiger partial charge in [-0.25, -0.2) is 9.13 Å². The lowest BCUT2D eigenvalue weighted by Crippen LogP contribution is -2.30. The largest absolute Gasteiger partial charge is 0.472 e. The zero-order valence-electron chi connectivity index (χ0n) is 67.1. The number of phosphoric acid groups is 2. The minimum absolute atomic E-state index is 0.104. The van der Waals surface area contributed by atoms with E-state index in [1.165, 1.54) is 238 Å². The Hall–Kier alpha value is -1.94. The molecule has 0 aliphatic carbocycles. The molecule has 3 unspecified atom stereocenters. The Kier molecular flexibility index (Phi) is 71.8. The van der Waals surface area contributed by atoms with E-state index in [9.17, 15) is 43.2 Å². The highest BCUT2D eigenvalue weighted by Gasteiger charge is 2.30. The molecule has 0 heterocycles. The summed E-state index contributed by atoms with van der Waals surface area (Å²) in [7, 11) is -9.92. The van der Waals surface area contributed by atoms with Gasteiger partial charge in [0.25, 0.3) is 0 Å². The van der Waals surface area contributed by atoms with Crippen LogP contribution in [0.15, 0.2) is 0 Å². The number of esters is 4. The van der Waals surface area contributed by atoms with Crippen molar-refractivity contribution in [3.63, 3.8) is 0 Å². The van der Waals surface area contributed by atoms with Crippen molar-refractivity contribution in [3.05, 3.63) is 0 Å². The van der Waals surface area contributed by atoms with Gasteiger partial charge in [0, 0.05) is 25.7 Å². The van der Waals surface area contributed by atoms with Gasteiger partial charge in [0.2, 0.25) is 0 Å². The second-order valence-corrected chi connectivity index (χ2v) is 34.0. The summed E-state index contributed by atoms with van der Waals surface area (Å²) < 4.78 is 68.7. The van der Waals surface area contributed by atoms with Gasteiger partial charge in [-0.3, -0.25) is 37.3 Å². The van der Waals surface area contributed by atoms with Gasteiger partial charge in [-0.15, -0.1) is 0 Å². The van der Waals surface area contributed by atoms with E-state index in [0.29, 0.717) is 31.6 Å². The highest BCUT2D eigenvalue weighted by Crippen LogP contribution is 2.45. The molecule has 0 aromatic heterocycles. The third-order valence-corrected chi connectivity index (χ3v) is 21.6. The van der Waals surface area contributed by atoms with E-state index in [0.717, 1.165) is 108 Å². The topological polar surface area (TPSA) is 237 Å². The number of ether oxygens (including phenoxy) is 4. The van der Waals surface area contributed by atoms with Crippen molar-refractivity contribution in [2.24, 2.45) is 17.8 Å².